The quantitative estimate of drug-likeness (QED) is 0.330. The van der Waals surface area contributed by atoms with E-state index in [0.717, 1.165) is 33.8 Å². The third-order valence-electron chi connectivity index (χ3n) is 5.42. The Bertz CT molecular complexity index is 1030. The molecular formula is C26H31N3O2S. The van der Waals surface area contributed by atoms with Crippen LogP contribution in [0.2, 0.25) is 0 Å². The molecule has 0 saturated carbocycles. The maximum Gasteiger partial charge on any atom is 0.249 e. The van der Waals surface area contributed by atoms with Crippen LogP contribution >= 0.6 is 11.3 Å². The molecule has 2 aromatic carbocycles. The highest BCUT2D eigenvalue weighted by Gasteiger charge is 2.26. The smallest absolute Gasteiger partial charge is 0.249 e. The highest BCUT2D eigenvalue weighted by Crippen LogP contribution is 2.29. The van der Waals surface area contributed by atoms with Crippen molar-refractivity contribution in [2.75, 3.05) is 18.4 Å². The molecule has 0 saturated heterocycles. The lowest BCUT2D eigenvalue weighted by Gasteiger charge is -2.26. The van der Waals surface area contributed by atoms with Crippen LogP contribution in [0.15, 0.2) is 66.6 Å². The molecule has 0 aliphatic heterocycles. The van der Waals surface area contributed by atoms with Gasteiger partial charge in [0.15, 0.2) is 0 Å². The zero-order valence-corrected chi connectivity index (χ0v) is 19.2. The first-order valence-electron chi connectivity index (χ1n) is 10.8. The topological polar surface area (TPSA) is 87.4 Å². The van der Waals surface area contributed by atoms with Crippen LogP contribution in [0.25, 0.3) is 6.08 Å². The number of rotatable bonds is 12. The van der Waals surface area contributed by atoms with Gasteiger partial charge in [-0.25, -0.2) is 0 Å². The molecule has 0 unspecified atom stereocenters. The van der Waals surface area contributed by atoms with Gasteiger partial charge in [-0.1, -0.05) is 49.1 Å². The molecule has 0 spiro atoms. The summed E-state index contributed by atoms with van der Waals surface area (Å²) in [5.74, 6) is -0.775. The number of anilines is 1. The van der Waals surface area contributed by atoms with Gasteiger partial charge in [0, 0.05) is 41.7 Å². The molecule has 32 heavy (non-hydrogen) atoms. The summed E-state index contributed by atoms with van der Waals surface area (Å²) < 4.78 is 0. The fourth-order valence-corrected chi connectivity index (χ4v) is 4.58. The van der Waals surface area contributed by atoms with Gasteiger partial charge in [0.05, 0.1) is 6.10 Å². The summed E-state index contributed by atoms with van der Waals surface area (Å²) in [5.41, 5.74) is 10.0. The van der Waals surface area contributed by atoms with Crippen LogP contribution in [-0.2, 0) is 13.0 Å². The number of nitrogens with two attached hydrogens (primary N) is 1. The molecule has 5 N–H and O–H groups in total. The molecule has 2 atom stereocenters. The first-order valence-corrected chi connectivity index (χ1v) is 11.7. The molecule has 0 fully saturated rings. The van der Waals surface area contributed by atoms with Gasteiger partial charge in [-0.2, -0.15) is 0 Å². The first kappa shape index (κ1) is 23.7. The summed E-state index contributed by atoms with van der Waals surface area (Å²) in [5, 5.41) is 19.8. The van der Waals surface area contributed by atoms with Crippen molar-refractivity contribution >= 4 is 29.0 Å². The molecule has 5 nitrogen and oxygen atoms in total. The molecule has 1 amide bonds. The van der Waals surface area contributed by atoms with E-state index < -0.39 is 12.0 Å². The molecule has 0 aliphatic rings. The molecule has 1 heterocycles. The van der Waals surface area contributed by atoms with E-state index in [1.54, 1.807) is 17.4 Å². The van der Waals surface area contributed by atoms with Gasteiger partial charge in [-0.15, -0.1) is 11.3 Å². The summed E-state index contributed by atoms with van der Waals surface area (Å²) >= 11 is 1.65. The van der Waals surface area contributed by atoms with Crippen LogP contribution in [0.3, 0.4) is 0 Å². The van der Waals surface area contributed by atoms with E-state index >= 15 is 0 Å². The third kappa shape index (κ3) is 6.29. The van der Waals surface area contributed by atoms with E-state index in [1.165, 1.54) is 0 Å². The molecule has 0 radical (unpaired) electrons. The Morgan fingerprint density at radius 2 is 1.97 bits per heavy atom. The number of amides is 1. The number of aliphatic hydroxyl groups is 1. The van der Waals surface area contributed by atoms with Gasteiger partial charge in [-0.3, -0.25) is 4.79 Å². The Kier molecular flexibility index (Phi) is 8.62. The largest absolute Gasteiger partial charge is 0.391 e. The van der Waals surface area contributed by atoms with Crippen molar-refractivity contribution in [2.45, 2.75) is 31.9 Å². The van der Waals surface area contributed by atoms with Gasteiger partial charge in [0.25, 0.3) is 0 Å². The second kappa shape index (κ2) is 11.6. The summed E-state index contributed by atoms with van der Waals surface area (Å²) in [7, 11) is 0. The van der Waals surface area contributed by atoms with Crippen molar-refractivity contribution in [1.82, 2.24) is 5.32 Å². The minimum absolute atomic E-state index is 0.283. The molecule has 1 aromatic heterocycles. The van der Waals surface area contributed by atoms with Gasteiger partial charge >= 0.3 is 0 Å². The molecule has 0 bridgehead atoms. The minimum atomic E-state index is -0.698. The van der Waals surface area contributed by atoms with Crippen LogP contribution in [0.5, 0.6) is 0 Å². The first-order chi connectivity index (χ1) is 15.5. The Morgan fingerprint density at radius 1 is 1.19 bits per heavy atom. The number of hydrogen-bond donors (Lipinski definition) is 4. The second-order valence-corrected chi connectivity index (χ2v) is 8.70. The Labute approximate surface area is 194 Å². The monoisotopic (exact) mass is 449 g/mol. The van der Waals surface area contributed by atoms with Crippen molar-refractivity contribution in [2.24, 2.45) is 5.73 Å². The van der Waals surface area contributed by atoms with Crippen LogP contribution in [-0.4, -0.2) is 30.2 Å². The van der Waals surface area contributed by atoms with E-state index in [4.69, 9.17) is 5.73 Å². The van der Waals surface area contributed by atoms with E-state index in [-0.39, 0.29) is 5.92 Å². The van der Waals surface area contributed by atoms with Crippen molar-refractivity contribution in [3.63, 3.8) is 0 Å². The zero-order chi connectivity index (χ0) is 22.9. The summed E-state index contributed by atoms with van der Waals surface area (Å²) in [6, 6.07) is 17.7. The number of thiophene rings is 1. The standard InChI is InChI=1S/C26H31N3O2S/c1-3-21-12-19(17-32-21)15-28-16-25(30)23(13-18-8-6-5-7-9-18)22-11-10-20(29-4-2)14-24(22)26(27)31/h3,5-12,14,17,23,25,28-30H,1,4,13,15-16H2,2H3,(H2,27,31)/t23-,25-/m0/s1. The van der Waals surface area contributed by atoms with E-state index in [1.807, 2.05) is 55.5 Å². The lowest BCUT2D eigenvalue weighted by Crippen LogP contribution is -2.33. The maximum atomic E-state index is 12.3. The van der Waals surface area contributed by atoms with E-state index in [2.05, 4.69) is 28.7 Å². The molecule has 0 aliphatic carbocycles. The van der Waals surface area contributed by atoms with Crippen molar-refractivity contribution in [1.29, 1.82) is 0 Å². The second-order valence-electron chi connectivity index (χ2n) is 7.75. The lowest BCUT2D eigenvalue weighted by molar-refractivity contribution is 0.0995. The number of nitrogens with one attached hydrogen (secondary N) is 2. The molecular weight excluding hydrogens is 418 g/mol. The van der Waals surface area contributed by atoms with E-state index in [9.17, 15) is 9.90 Å². The van der Waals surface area contributed by atoms with E-state index in [0.29, 0.717) is 25.1 Å². The fraction of sp³-hybridized carbons (Fsp3) is 0.269. The maximum absolute atomic E-state index is 12.3. The van der Waals surface area contributed by atoms with Crippen LogP contribution < -0.4 is 16.4 Å². The number of benzene rings is 2. The number of carbonyl (C=O) groups excluding carboxylic acids is 1. The zero-order valence-electron chi connectivity index (χ0n) is 18.4. The van der Waals surface area contributed by atoms with Gasteiger partial charge in [0.2, 0.25) is 5.91 Å². The van der Waals surface area contributed by atoms with Gasteiger partial charge in [-0.05, 0) is 53.6 Å². The van der Waals surface area contributed by atoms with Gasteiger partial charge < -0.3 is 21.5 Å². The Hall–Kier alpha value is -2.93. The molecule has 3 rings (SSSR count). The molecule has 3 aromatic rings. The molecule has 6 heteroatoms. The Morgan fingerprint density at radius 3 is 2.62 bits per heavy atom. The van der Waals surface area contributed by atoms with Crippen LogP contribution in [0, 0.1) is 0 Å². The highest BCUT2D eigenvalue weighted by molar-refractivity contribution is 7.11. The van der Waals surface area contributed by atoms with Crippen LogP contribution in [0.1, 0.15) is 44.8 Å². The average Bonchev–Trinajstić information content (AvgIpc) is 3.26. The summed E-state index contributed by atoms with van der Waals surface area (Å²) in [6.45, 7) is 7.59. The van der Waals surface area contributed by atoms with Crippen LogP contribution in [0.4, 0.5) is 5.69 Å². The summed E-state index contributed by atoms with van der Waals surface area (Å²) in [4.78, 5) is 13.4. The highest BCUT2D eigenvalue weighted by atomic mass is 32.1. The number of hydrogen-bond acceptors (Lipinski definition) is 5. The lowest BCUT2D eigenvalue weighted by atomic mass is 9.84. The number of aliphatic hydroxyl groups excluding tert-OH is 1. The third-order valence-corrected chi connectivity index (χ3v) is 6.40. The average molecular weight is 450 g/mol. The predicted octanol–water partition coefficient (Wildman–Crippen LogP) is 4.40. The Balaban J connectivity index is 1.82. The fourth-order valence-electron chi connectivity index (χ4n) is 3.83. The van der Waals surface area contributed by atoms with Gasteiger partial charge in [0.1, 0.15) is 0 Å². The summed E-state index contributed by atoms with van der Waals surface area (Å²) in [6.07, 6.45) is 1.74. The minimum Gasteiger partial charge on any atom is -0.391 e. The molecule has 168 valence electrons. The predicted molar refractivity (Wildman–Crippen MR) is 134 cm³/mol. The van der Waals surface area contributed by atoms with Crippen molar-refractivity contribution in [3.05, 3.63) is 93.7 Å². The number of primary amides is 1. The van der Waals surface area contributed by atoms with Crippen molar-refractivity contribution in [3.8, 4) is 0 Å². The SMILES string of the molecule is C=Cc1cc(CNC[C@H](O)[C@@H](Cc2ccccc2)c2ccc(NCC)cc2C(N)=O)cs1. The number of carbonyl (C=O) groups is 1. The van der Waals surface area contributed by atoms with Crippen molar-refractivity contribution < 1.29 is 9.90 Å². The normalized spacial score (nSPS) is 12.8.